The van der Waals surface area contributed by atoms with Crippen molar-refractivity contribution in [2.24, 2.45) is 0 Å². The molecule has 0 amide bonds. The Balaban J connectivity index is 1.58. The molecule has 2 atom stereocenters. The number of nitrogens with zero attached hydrogens (tertiary/aromatic N) is 2. The summed E-state index contributed by atoms with van der Waals surface area (Å²) in [4.78, 5) is 5.28. The van der Waals surface area contributed by atoms with E-state index in [9.17, 15) is 0 Å². The van der Waals surface area contributed by atoms with Crippen LogP contribution in [0, 0.1) is 0 Å². The summed E-state index contributed by atoms with van der Waals surface area (Å²) in [5, 5.41) is 0. The van der Waals surface area contributed by atoms with E-state index in [1.807, 2.05) is 0 Å². The minimum Gasteiger partial charge on any atom is -0.378 e. The second-order valence-electron chi connectivity index (χ2n) is 6.09. The lowest BCUT2D eigenvalue weighted by Gasteiger charge is -2.48. The molecule has 3 rings (SSSR count). The van der Waals surface area contributed by atoms with Crippen molar-refractivity contribution in [3.63, 3.8) is 0 Å². The van der Waals surface area contributed by atoms with Crippen LogP contribution in [0.3, 0.4) is 0 Å². The number of hydrogen-bond donors (Lipinski definition) is 0. The number of fused-ring (bicyclic) bond motifs is 1. The topological polar surface area (TPSA) is 15.7 Å². The zero-order valence-corrected chi connectivity index (χ0v) is 12.5. The highest BCUT2D eigenvalue weighted by atomic mass is 16.5. The molecule has 3 heteroatoms. The maximum atomic E-state index is 5.83. The lowest BCUT2D eigenvalue weighted by atomic mass is 10.0. The van der Waals surface area contributed by atoms with Gasteiger partial charge in [0.1, 0.15) is 0 Å². The van der Waals surface area contributed by atoms with E-state index in [2.05, 4.69) is 47.1 Å². The number of morpholine rings is 1. The van der Waals surface area contributed by atoms with Gasteiger partial charge in [0.25, 0.3) is 0 Å². The summed E-state index contributed by atoms with van der Waals surface area (Å²) in [6, 6.07) is 12.0. The van der Waals surface area contributed by atoms with Gasteiger partial charge >= 0.3 is 0 Å². The maximum Gasteiger partial charge on any atom is 0.0635 e. The van der Waals surface area contributed by atoms with Crippen molar-refractivity contribution >= 4 is 0 Å². The molecule has 0 spiro atoms. The van der Waals surface area contributed by atoms with Crippen molar-refractivity contribution in [2.45, 2.75) is 38.4 Å². The zero-order valence-electron chi connectivity index (χ0n) is 12.5. The van der Waals surface area contributed by atoms with Gasteiger partial charge in [-0.3, -0.25) is 9.80 Å². The van der Waals surface area contributed by atoms with Crippen LogP contribution in [0.15, 0.2) is 30.3 Å². The molecule has 0 saturated carbocycles. The highest BCUT2D eigenvalue weighted by molar-refractivity contribution is 5.14. The van der Waals surface area contributed by atoms with Crippen LogP contribution in [0.1, 0.15) is 25.3 Å². The van der Waals surface area contributed by atoms with Crippen LogP contribution in [0.2, 0.25) is 0 Å². The first-order chi connectivity index (χ1) is 9.86. The molecule has 0 unspecified atom stereocenters. The average molecular weight is 274 g/mol. The first-order valence-electron chi connectivity index (χ1n) is 7.96. The van der Waals surface area contributed by atoms with Gasteiger partial charge in [-0.1, -0.05) is 43.7 Å². The van der Waals surface area contributed by atoms with Crippen LogP contribution in [0.4, 0.5) is 0 Å². The van der Waals surface area contributed by atoms with Crippen LogP contribution in [-0.4, -0.2) is 54.7 Å². The van der Waals surface area contributed by atoms with Gasteiger partial charge in [0, 0.05) is 38.3 Å². The minimum atomic E-state index is 0.595. The number of hydrogen-bond acceptors (Lipinski definition) is 3. The van der Waals surface area contributed by atoms with Crippen LogP contribution < -0.4 is 0 Å². The normalized spacial score (nSPS) is 28.2. The van der Waals surface area contributed by atoms with Crippen molar-refractivity contribution in [1.82, 2.24) is 9.80 Å². The van der Waals surface area contributed by atoms with Crippen molar-refractivity contribution < 1.29 is 4.74 Å². The Hall–Kier alpha value is -0.900. The molecule has 1 aromatic carbocycles. The first-order valence-corrected chi connectivity index (χ1v) is 7.96. The van der Waals surface area contributed by atoms with E-state index >= 15 is 0 Å². The van der Waals surface area contributed by atoms with E-state index in [0.717, 1.165) is 26.3 Å². The molecular formula is C17H26N2O. The number of ether oxygens (including phenoxy) is 1. The van der Waals surface area contributed by atoms with Gasteiger partial charge < -0.3 is 4.74 Å². The quantitative estimate of drug-likeness (QED) is 0.838. The molecule has 0 aliphatic carbocycles. The van der Waals surface area contributed by atoms with Gasteiger partial charge in [-0.05, 0) is 12.0 Å². The van der Waals surface area contributed by atoms with Crippen molar-refractivity contribution in [3.05, 3.63) is 35.9 Å². The second kappa shape index (κ2) is 6.70. The molecule has 110 valence electrons. The summed E-state index contributed by atoms with van der Waals surface area (Å²) in [7, 11) is 0. The molecule has 20 heavy (non-hydrogen) atoms. The zero-order chi connectivity index (χ0) is 13.8. The molecule has 0 radical (unpaired) electrons. The van der Waals surface area contributed by atoms with Crippen LogP contribution in [0.25, 0.3) is 0 Å². The highest BCUT2D eigenvalue weighted by Gasteiger charge is 2.34. The van der Waals surface area contributed by atoms with E-state index in [1.165, 1.54) is 31.5 Å². The maximum absolute atomic E-state index is 5.83. The molecule has 2 aliphatic heterocycles. The fourth-order valence-electron chi connectivity index (χ4n) is 3.57. The van der Waals surface area contributed by atoms with E-state index in [4.69, 9.17) is 4.74 Å². The van der Waals surface area contributed by atoms with Gasteiger partial charge in [0.05, 0.1) is 13.2 Å². The Morgan fingerprint density at radius 1 is 1.15 bits per heavy atom. The Morgan fingerprint density at radius 2 is 2.00 bits per heavy atom. The third-order valence-electron chi connectivity index (χ3n) is 4.57. The third kappa shape index (κ3) is 3.22. The smallest absolute Gasteiger partial charge is 0.0635 e. The van der Waals surface area contributed by atoms with E-state index < -0.39 is 0 Å². The Kier molecular flexibility index (Phi) is 4.71. The van der Waals surface area contributed by atoms with Gasteiger partial charge in [-0.15, -0.1) is 0 Å². The van der Waals surface area contributed by atoms with E-state index in [-0.39, 0.29) is 0 Å². The predicted molar refractivity (Wildman–Crippen MR) is 81.7 cm³/mol. The lowest BCUT2D eigenvalue weighted by molar-refractivity contribution is -0.0840. The van der Waals surface area contributed by atoms with E-state index in [0.29, 0.717) is 12.1 Å². The standard InChI is InChI=1S/C17H26N2O/c1-2-6-16-13-20-14-17-12-18(9-10-19(16)17)11-15-7-4-3-5-8-15/h3-5,7-8,16-17H,2,6,9-14H2,1H3/t16-,17+/m0/s1. The summed E-state index contributed by atoms with van der Waals surface area (Å²) in [6.45, 7) is 8.72. The summed E-state index contributed by atoms with van der Waals surface area (Å²) in [5.41, 5.74) is 1.42. The average Bonchev–Trinajstić information content (AvgIpc) is 2.49. The molecular weight excluding hydrogens is 248 g/mol. The molecule has 2 fully saturated rings. The Bertz CT molecular complexity index is 407. The molecule has 2 aliphatic rings. The molecule has 3 nitrogen and oxygen atoms in total. The highest BCUT2D eigenvalue weighted by Crippen LogP contribution is 2.22. The summed E-state index contributed by atoms with van der Waals surface area (Å²) >= 11 is 0. The lowest BCUT2D eigenvalue weighted by Crippen LogP contribution is -2.61. The van der Waals surface area contributed by atoms with Crippen LogP contribution in [-0.2, 0) is 11.3 Å². The number of piperazine rings is 1. The molecule has 0 N–H and O–H groups in total. The summed E-state index contributed by atoms with van der Waals surface area (Å²) < 4.78 is 5.83. The van der Waals surface area contributed by atoms with Crippen molar-refractivity contribution in [3.8, 4) is 0 Å². The Morgan fingerprint density at radius 3 is 2.80 bits per heavy atom. The van der Waals surface area contributed by atoms with Crippen molar-refractivity contribution in [1.29, 1.82) is 0 Å². The first kappa shape index (κ1) is 14.1. The van der Waals surface area contributed by atoms with Gasteiger partial charge in [-0.2, -0.15) is 0 Å². The summed E-state index contributed by atoms with van der Waals surface area (Å²) in [5.74, 6) is 0. The van der Waals surface area contributed by atoms with Gasteiger partial charge in [0.2, 0.25) is 0 Å². The van der Waals surface area contributed by atoms with Gasteiger partial charge in [-0.25, -0.2) is 0 Å². The fraction of sp³-hybridized carbons (Fsp3) is 0.647. The predicted octanol–water partition coefficient (Wildman–Crippen LogP) is 2.37. The largest absolute Gasteiger partial charge is 0.378 e. The van der Waals surface area contributed by atoms with Crippen LogP contribution >= 0.6 is 0 Å². The minimum absolute atomic E-state index is 0.595. The van der Waals surface area contributed by atoms with Gasteiger partial charge in [0.15, 0.2) is 0 Å². The molecule has 0 aromatic heterocycles. The third-order valence-corrected chi connectivity index (χ3v) is 4.57. The molecule has 0 bridgehead atoms. The van der Waals surface area contributed by atoms with E-state index in [1.54, 1.807) is 0 Å². The van der Waals surface area contributed by atoms with Crippen molar-refractivity contribution in [2.75, 3.05) is 32.8 Å². The Labute approximate surface area is 122 Å². The SMILES string of the molecule is CCC[C@H]1COC[C@H]2CN(Cc3ccccc3)CCN12. The fourth-order valence-corrected chi connectivity index (χ4v) is 3.57. The molecule has 2 heterocycles. The second-order valence-corrected chi connectivity index (χ2v) is 6.09. The number of rotatable bonds is 4. The molecule has 1 aromatic rings. The number of benzene rings is 1. The molecule has 2 saturated heterocycles. The summed E-state index contributed by atoms with van der Waals surface area (Å²) in [6.07, 6.45) is 2.53. The monoisotopic (exact) mass is 274 g/mol. The van der Waals surface area contributed by atoms with Crippen LogP contribution in [0.5, 0.6) is 0 Å².